The van der Waals surface area contributed by atoms with Crippen LogP contribution in [-0.2, 0) is 20.1 Å². The Hall–Kier alpha value is -1.40. The van der Waals surface area contributed by atoms with E-state index in [1.165, 1.54) is 5.56 Å². The van der Waals surface area contributed by atoms with Gasteiger partial charge >= 0.3 is 0 Å². The summed E-state index contributed by atoms with van der Waals surface area (Å²) in [5.74, 6) is 1.81. The lowest BCUT2D eigenvalue weighted by atomic mass is 10.2. The predicted octanol–water partition coefficient (Wildman–Crippen LogP) is 2.57. The van der Waals surface area contributed by atoms with E-state index < -0.39 is 0 Å². The smallest absolute Gasteiger partial charge is 0.131 e. The molecule has 116 valence electrons. The molecule has 0 spiro atoms. The second kappa shape index (κ2) is 7.04. The first-order chi connectivity index (χ1) is 9.99. The van der Waals surface area contributed by atoms with Gasteiger partial charge in [0.2, 0.25) is 0 Å². The van der Waals surface area contributed by atoms with E-state index >= 15 is 0 Å². The summed E-state index contributed by atoms with van der Waals surface area (Å²) in [5, 5.41) is 10.2. The maximum absolute atomic E-state index is 4.58. The number of aromatic nitrogens is 3. The summed E-state index contributed by atoms with van der Waals surface area (Å²) < 4.78 is 1.97. The molecule has 2 aromatic heterocycles. The maximum Gasteiger partial charge on any atom is 0.131 e. The predicted molar refractivity (Wildman–Crippen MR) is 88.7 cm³/mol. The summed E-state index contributed by atoms with van der Waals surface area (Å²) in [6.07, 6.45) is 0. The van der Waals surface area contributed by atoms with Crippen molar-refractivity contribution in [2.45, 2.75) is 33.9 Å². The molecule has 0 fully saturated rings. The minimum absolute atomic E-state index is 0.651. The minimum atomic E-state index is 0.651. The van der Waals surface area contributed by atoms with Gasteiger partial charge in [-0.3, -0.25) is 4.68 Å². The van der Waals surface area contributed by atoms with Crippen molar-refractivity contribution in [2.24, 2.45) is 13.0 Å². The van der Waals surface area contributed by atoms with Crippen LogP contribution in [0, 0.1) is 12.8 Å². The third-order valence-electron chi connectivity index (χ3n) is 3.41. The summed E-state index contributed by atoms with van der Waals surface area (Å²) in [6.45, 7) is 9.20. The second-order valence-electron chi connectivity index (χ2n) is 5.87. The first-order valence-corrected chi connectivity index (χ1v) is 8.24. The lowest BCUT2D eigenvalue weighted by Crippen LogP contribution is -2.24. The molecule has 0 atom stereocenters. The fraction of sp³-hybridized carbons (Fsp3) is 0.600. The highest BCUT2D eigenvalue weighted by atomic mass is 32.1. The van der Waals surface area contributed by atoms with Crippen LogP contribution in [0.1, 0.15) is 30.8 Å². The number of hydrogen-bond acceptors (Lipinski definition) is 5. The summed E-state index contributed by atoms with van der Waals surface area (Å²) >= 11 is 1.63. The topological polar surface area (TPSA) is 46.0 Å². The van der Waals surface area contributed by atoms with E-state index in [1.54, 1.807) is 11.3 Å². The third kappa shape index (κ3) is 4.04. The van der Waals surface area contributed by atoms with Crippen molar-refractivity contribution in [3.05, 3.63) is 27.8 Å². The van der Waals surface area contributed by atoms with E-state index in [2.05, 4.69) is 53.5 Å². The molecule has 0 aliphatic heterocycles. The van der Waals surface area contributed by atoms with Gasteiger partial charge in [0, 0.05) is 31.6 Å². The van der Waals surface area contributed by atoms with Crippen molar-refractivity contribution < 1.29 is 0 Å². The quantitative estimate of drug-likeness (QED) is 0.854. The normalized spacial score (nSPS) is 11.3. The van der Waals surface area contributed by atoms with Gasteiger partial charge in [-0.1, -0.05) is 13.8 Å². The highest BCUT2D eigenvalue weighted by Crippen LogP contribution is 2.23. The molecule has 0 aliphatic carbocycles. The molecular weight excluding hydrogens is 282 g/mol. The average Bonchev–Trinajstić information content (AvgIpc) is 2.98. The summed E-state index contributed by atoms with van der Waals surface area (Å²) in [6, 6.07) is 0. The fourth-order valence-corrected chi connectivity index (χ4v) is 3.04. The van der Waals surface area contributed by atoms with Gasteiger partial charge in [0.25, 0.3) is 0 Å². The van der Waals surface area contributed by atoms with Crippen LogP contribution in [0.15, 0.2) is 10.9 Å². The molecule has 0 radical (unpaired) electrons. The summed E-state index contributed by atoms with van der Waals surface area (Å²) in [4.78, 5) is 6.59. The minimum Gasteiger partial charge on any atom is -0.354 e. The number of thiazole rings is 1. The Morgan fingerprint density at radius 2 is 2.19 bits per heavy atom. The van der Waals surface area contributed by atoms with Crippen molar-refractivity contribution in [3.8, 4) is 0 Å². The Morgan fingerprint density at radius 3 is 2.81 bits per heavy atom. The maximum atomic E-state index is 4.58. The van der Waals surface area contributed by atoms with E-state index in [-0.39, 0.29) is 0 Å². The number of aryl methyl sites for hydroxylation is 2. The lowest BCUT2D eigenvalue weighted by molar-refractivity contribution is 0.551. The molecular formula is C15H25N5S. The van der Waals surface area contributed by atoms with Gasteiger partial charge in [-0.25, -0.2) is 4.98 Å². The van der Waals surface area contributed by atoms with Crippen molar-refractivity contribution in [2.75, 3.05) is 18.5 Å². The summed E-state index contributed by atoms with van der Waals surface area (Å²) in [7, 11) is 4.10. The van der Waals surface area contributed by atoms with Crippen molar-refractivity contribution in [3.63, 3.8) is 0 Å². The monoisotopic (exact) mass is 307 g/mol. The van der Waals surface area contributed by atoms with Crippen molar-refractivity contribution >= 4 is 17.2 Å². The third-order valence-corrected chi connectivity index (χ3v) is 4.05. The van der Waals surface area contributed by atoms with Crippen LogP contribution >= 0.6 is 11.3 Å². The molecule has 0 saturated heterocycles. The van der Waals surface area contributed by atoms with E-state index in [1.807, 2.05) is 17.2 Å². The first-order valence-electron chi connectivity index (χ1n) is 7.30. The Morgan fingerprint density at radius 1 is 1.43 bits per heavy atom. The molecule has 21 heavy (non-hydrogen) atoms. The van der Waals surface area contributed by atoms with Crippen LogP contribution in [0.25, 0.3) is 0 Å². The van der Waals surface area contributed by atoms with Gasteiger partial charge in [-0.2, -0.15) is 5.10 Å². The van der Waals surface area contributed by atoms with Crippen LogP contribution in [0.5, 0.6) is 0 Å². The molecule has 0 aromatic carbocycles. The molecule has 0 saturated carbocycles. The van der Waals surface area contributed by atoms with Crippen LogP contribution in [0.4, 0.5) is 5.82 Å². The zero-order valence-electron chi connectivity index (χ0n) is 13.6. The van der Waals surface area contributed by atoms with Gasteiger partial charge in [-0.05, 0) is 19.4 Å². The van der Waals surface area contributed by atoms with Crippen LogP contribution in [-0.4, -0.2) is 28.4 Å². The van der Waals surface area contributed by atoms with Gasteiger partial charge in [0.1, 0.15) is 5.82 Å². The number of hydrogen-bond donors (Lipinski definition) is 1. The Balaban J connectivity index is 2.13. The molecule has 0 aliphatic rings. The second-order valence-corrected chi connectivity index (χ2v) is 6.59. The Labute approximate surface area is 131 Å². The number of nitrogens with zero attached hydrogens (tertiary/aromatic N) is 4. The highest BCUT2D eigenvalue weighted by molar-refractivity contribution is 7.07. The van der Waals surface area contributed by atoms with Gasteiger partial charge in [0.15, 0.2) is 0 Å². The molecule has 1 N–H and O–H groups in total. The lowest BCUT2D eigenvalue weighted by Gasteiger charge is -2.20. The van der Waals surface area contributed by atoms with Gasteiger partial charge < -0.3 is 10.2 Å². The molecule has 5 nitrogen and oxygen atoms in total. The van der Waals surface area contributed by atoms with E-state index in [4.69, 9.17) is 0 Å². The number of rotatable bonds is 7. The molecule has 0 amide bonds. The molecule has 2 heterocycles. The molecule has 2 rings (SSSR count). The SMILES string of the molecule is Cc1nn(C)c(N(C)Cc2cscn2)c1CNCC(C)C. The Kier molecular flexibility index (Phi) is 5.36. The Bertz CT molecular complexity index is 559. The van der Waals surface area contributed by atoms with Crippen LogP contribution in [0.2, 0.25) is 0 Å². The van der Waals surface area contributed by atoms with E-state index in [0.717, 1.165) is 36.8 Å². The van der Waals surface area contributed by atoms with Crippen LogP contribution in [0.3, 0.4) is 0 Å². The number of nitrogens with one attached hydrogen (secondary N) is 1. The zero-order chi connectivity index (χ0) is 15.4. The van der Waals surface area contributed by atoms with Crippen LogP contribution < -0.4 is 10.2 Å². The molecule has 6 heteroatoms. The zero-order valence-corrected chi connectivity index (χ0v) is 14.4. The largest absolute Gasteiger partial charge is 0.354 e. The molecule has 0 bridgehead atoms. The van der Waals surface area contributed by atoms with Crippen molar-refractivity contribution in [1.29, 1.82) is 0 Å². The number of anilines is 1. The van der Waals surface area contributed by atoms with Gasteiger partial charge in [-0.15, -0.1) is 11.3 Å². The average molecular weight is 307 g/mol. The van der Waals surface area contributed by atoms with Gasteiger partial charge in [0.05, 0.1) is 23.4 Å². The molecule has 0 unspecified atom stereocenters. The van der Waals surface area contributed by atoms with E-state index in [9.17, 15) is 0 Å². The highest BCUT2D eigenvalue weighted by Gasteiger charge is 2.17. The first kappa shape index (κ1) is 16.0. The molecule has 2 aromatic rings. The van der Waals surface area contributed by atoms with E-state index in [0.29, 0.717) is 5.92 Å². The fourth-order valence-electron chi connectivity index (χ4n) is 2.49. The van der Waals surface area contributed by atoms with Crippen molar-refractivity contribution in [1.82, 2.24) is 20.1 Å². The summed E-state index contributed by atoms with van der Waals surface area (Å²) in [5.41, 5.74) is 5.34. The standard InChI is InChI=1S/C15H25N5S/c1-11(2)6-16-7-14-12(3)18-20(5)15(14)19(4)8-13-9-21-10-17-13/h9-11,16H,6-8H2,1-5H3.